The largest absolute Gasteiger partial charge is 0.497 e. The highest BCUT2D eigenvalue weighted by atomic mass is 32.2. The predicted octanol–water partition coefficient (Wildman–Crippen LogP) is 3.11. The molecule has 1 aliphatic rings. The highest BCUT2D eigenvalue weighted by Crippen LogP contribution is 2.26. The molecule has 2 aromatic carbocycles. The van der Waals surface area contributed by atoms with Gasteiger partial charge in [0.15, 0.2) is 0 Å². The molecule has 180 valence electrons. The number of carbonyl (C=O) groups is 1. The van der Waals surface area contributed by atoms with Crippen LogP contribution in [0.15, 0.2) is 57.9 Å². The van der Waals surface area contributed by atoms with E-state index in [0.29, 0.717) is 31.1 Å². The number of piperidine rings is 1. The van der Waals surface area contributed by atoms with Crippen molar-refractivity contribution >= 4 is 15.9 Å². The summed E-state index contributed by atoms with van der Waals surface area (Å²) in [5.74, 6) is 0.882. The third kappa shape index (κ3) is 5.13. The molecule has 1 atom stereocenters. The first-order valence-electron chi connectivity index (χ1n) is 11.1. The summed E-state index contributed by atoms with van der Waals surface area (Å²) in [5, 5.41) is 4.00. The average molecular weight is 485 g/mol. The molecule has 0 radical (unpaired) electrons. The third-order valence-electron chi connectivity index (χ3n) is 5.96. The van der Waals surface area contributed by atoms with E-state index in [-0.39, 0.29) is 23.9 Å². The van der Waals surface area contributed by atoms with Crippen LogP contribution in [0.2, 0.25) is 0 Å². The lowest BCUT2D eigenvalue weighted by Gasteiger charge is -2.33. The van der Waals surface area contributed by atoms with E-state index in [1.165, 1.54) is 9.21 Å². The molecule has 0 N–H and O–H groups in total. The number of amides is 1. The van der Waals surface area contributed by atoms with E-state index in [2.05, 4.69) is 10.1 Å². The predicted molar refractivity (Wildman–Crippen MR) is 125 cm³/mol. The van der Waals surface area contributed by atoms with Crippen LogP contribution >= 0.6 is 0 Å². The zero-order chi connectivity index (χ0) is 24.3. The maximum atomic E-state index is 13.1. The fourth-order valence-electron chi connectivity index (χ4n) is 3.99. The number of nitrogens with zero attached hydrogens (tertiary/aromatic N) is 4. The maximum absolute atomic E-state index is 13.1. The first-order chi connectivity index (χ1) is 16.3. The van der Waals surface area contributed by atoms with E-state index >= 15 is 0 Å². The van der Waals surface area contributed by atoms with E-state index in [4.69, 9.17) is 9.26 Å². The van der Waals surface area contributed by atoms with Gasteiger partial charge in [-0.05, 0) is 56.2 Å². The number of ether oxygens (including phenoxy) is 1. The summed E-state index contributed by atoms with van der Waals surface area (Å²) in [6, 6.07) is 14.0. The van der Waals surface area contributed by atoms with Crippen LogP contribution in [0.25, 0.3) is 11.4 Å². The molecule has 0 aliphatic carbocycles. The fraction of sp³-hybridized carbons (Fsp3) is 0.375. The van der Waals surface area contributed by atoms with Crippen molar-refractivity contribution in [1.82, 2.24) is 19.3 Å². The Morgan fingerprint density at radius 2 is 1.88 bits per heavy atom. The van der Waals surface area contributed by atoms with Crippen molar-refractivity contribution in [3.63, 3.8) is 0 Å². The van der Waals surface area contributed by atoms with E-state index in [0.717, 1.165) is 16.9 Å². The SMILES string of the molecule is COc1ccc(-c2noc(CN(C)C(=O)C3CCCN(S(=O)(=O)c4ccc(C)cc4)C3)n2)cc1. The highest BCUT2D eigenvalue weighted by Gasteiger charge is 2.34. The molecule has 0 spiro atoms. The minimum absolute atomic E-state index is 0.142. The van der Waals surface area contributed by atoms with Crippen LogP contribution in [0.4, 0.5) is 0 Å². The standard InChI is InChI=1S/C24H28N4O5S/c1-17-6-12-21(13-7-17)34(30,31)28-14-4-5-19(15-28)24(29)27(2)16-22-25-23(26-33-22)18-8-10-20(32-3)11-9-18/h6-13,19H,4-5,14-16H2,1-3H3. The Morgan fingerprint density at radius 1 is 1.18 bits per heavy atom. The van der Waals surface area contributed by atoms with Crippen molar-refractivity contribution in [3.8, 4) is 17.1 Å². The van der Waals surface area contributed by atoms with E-state index in [9.17, 15) is 13.2 Å². The van der Waals surface area contributed by atoms with Gasteiger partial charge in [-0.1, -0.05) is 22.9 Å². The summed E-state index contributed by atoms with van der Waals surface area (Å²) in [6.07, 6.45) is 1.25. The Bertz CT molecular complexity index is 1240. The normalized spacial score (nSPS) is 16.9. The smallest absolute Gasteiger partial charge is 0.246 e. The second-order valence-corrected chi connectivity index (χ2v) is 10.4. The van der Waals surface area contributed by atoms with Gasteiger partial charge in [-0.3, -0.25) is 4.79 Å². The molecule has 1 aromatic heterocycles. The summed E-state index contributed by atoms with van der Waals surface area (Å²) in [6.45, 7) is 2.60. The summed E-state index contributed by atoms with van der Waals surface area (Å²) in [5.41, 5.74) is 1.76. The monoisotopic (exact) mass is 484 g/mol. The van der Waals surface area contributed by atoms with Gasteiger partial charge in [-0.2, -0.15) is 9.29 Å². The molecule has 0 bridgehead atoms. The second kappa shape index (κ2) is 9.94. The van der Waals surface area contributed by atoms with Crippen molar-refractivity contribution in [1.29, 1.82) is 0 Å². The number of carbonyl (C=O) groups excluding carboxylic acids is 1. The lowest BCUT2D eigenvalue weighted by molar-refractivity contribution is -0.136. The van der Waals surface area contributed by atoms with Crippen molar-refractivity contribution in [2.45, 2.75) is 31.2 Å². The summed E-state index contributed by atoms with van der Waals surface area (Å²) in [4.78, 5) is 19.2. The lowest BCUT2D eigenvalue weighted by atomic mass is 9.98. The van der Waals surface area contributed by atoms with Crippen molar-refractivity contribution in [2.24, 2.45) is 5.92 Å². The van der Waals surface area contributed by atoms with Gasteiger partial charge < -0.3 is 14.2 Å². The Kier molecular flexibility index (Phi) is 6.99. The Balaban J connectivity index is 1.40. The molecule has 0 saturated carbocycles. The Hall–Kier alpha value is -3.24. The number of sulfonamides is 1. The number of rotatable bonds is 7. The third-order valence-corrected chi connectivity index (χ3v) is 7.84. The molecule has 9 nitrogen and oxygen atoms in total. The van der Waals surface area contributed by atoms with Crippen molar-refractivity contribution < 1.29 is 22.5 Å². The number of hydrogen-bond donors (Lipinski definition) is 0. The van der Waals surface area contributed by atoms with Crippen molar-refractivity contribution in [3.05, 3.63) is 60.0 Å². The molecule has 1 fully saturated rings. The Labute approximate surface area is 199 Å². The van der Waals surface area contributed by atoms with E-state index in [1.54, 1.807) is 50.6 Å². The van der Waals surface area contributed by atoms with Gasteiger partial charge in [-0.15, -0.1) is 0 Å². The zero-order valence-corrected chi connectivity index (χ0v) is 20.3. The van der Waals surface area contributed by atoms with Gasteiger partial charge in [0.05, 0.1) is 24.5 Å². The van der Waals surface area contributed by atoms with Crippen LogP contribution in [-0.4, -0.2) is 60.9 Å². The lowest BCUT2D eigenvalue weighted by Crippen LogP contribution is -2.45. The average Bonchev–Trinajstić information content (AvgIpc) is 3.32. The molecule has 2 heterocycles. The molecule has 1 amide bonds. The highest BCUT2D eigenvalue weighted by molar-refractivity contribution is 7.89. The summed E-state index contributed by atoms with van der Waals surface area (Å²) in [7, 11) is -0.395. The number of aromatic nitrogens is 2. The molecular weight excluding hydrogens is 456 g/mol. The first-order valence-corrected chi connectivity index (χ1v) is 12.5. The van der Waals surface area contributed by atoms with Gasteiger partial charge in [0, 0.05) is 25.7 Å². The van der Waals surface area contributed by atoms with E-state index in [1.807, 2.05) is 19.1 Å². The number of hydrogen-bond acceptors (Lipinski definition) is 7. The summed E-state index contributed by atoms with van der Waals surface area (Å²) < 4.78 is 38.0. The van der Waals surface area contributed by atoms with Crippen LogP contribution < -0.4 is 4.74 Å². The second-order valence-electron chi connectivity index (χ2n) is 8.45. The maximum Gasteiger partial charge on any atom is 0.246 e. The molecule has 34 heavy (non-hydrogen) atoms. The van der Waals surface area contributed by atoms with Crippen LogP contribution in [0.3, 0.4) is 0 Å². The van der Waals surface area contributed by atoms with Crippen LogP contribution in [0.5, 0.6) is 5.75 Å². The minimum Gasteiger partial charge on any atom is -0.497 e. The van der Waals surface area contributed by atoms with Crippen LogP contribution in [0, 0.1) is 12.8 Å². The van der Waals surface area contributed by atoms with Crippen molar-refractivity contribution in [2.75, 3.05) is 27.2 Å². The number of methoxy groups -OCH3 is 1. The zero-order valence-electron chi connectivity index (χ0n) is 19.5. The molecule has 1 aliphatic heterocycles. The first kappa shape index (κ1) is 23.9. The number of aryl methyl sites for hydroxylation is 1. The Morgan fingerprint density at radius 3 is 2.56 bits per heavy atom. The fourth-order valence-corrected chi connectivity index (χ4v) is 5.51. The topological polar surface area (TPSA) is 106 Å². The molecular formula is C24H28N4O5S. The van der Waals surface area contributed by atoms with Gasteiger partial charge in [0.2, 0.25) is 27.6 Å². The molecule has 3 aromatic rings. The van der Waals surface area contributed by atoms with E-state index < -0.39 is 15.9 Å². The van der Waals surface area contributed by atoms with Gasteiger partial charge >= 0.3 is 0 Å². The summed E-state index contributed by atoms with van der Waals surface area (Å²) >= 11 is 0. The molecule has 1 saturated heterocycles. The molecule has 1 unspecified atom stereocenters. The molecule has 4 rings (SSSR count). The van der Waals surface area contributed by atoms with Gasteiger partial charge in [-0.25, -0.2) is 8.42 Å². The molecule has 10 heteroatoms. The van der Waals surface area contributed by atoms with Crippen LogP contribution in [0.1, 0.15) is 24.3 Å². The van der Waals surface area contributed by atoms with Gasteiger partial charge in [0.25, 0.3) is 0 Å². The number of benzene rings is 2. The quantitative estimate of drug-likeness (QED) is 0.507. The van der Waals surface area contributed by atoms with Crippen LogP contribution in [-0.2, 0) is 21.4 Å². The minimum atomic E-state index is -3.65. The van der Waals surface area contributed by atoms with Gasteiger partial charge in [0.1, 0.15) is 5.75 Å².